The molecule has 2 aromatic rings. The third kappa shape index (κ3) is 7.51. The lowest BCUT2D eigenvalue weighted by Crippen LogP contribution is -2.27. The van der Waals surface area contributed by atoms with Crippen LogP contribution in [0.1, 0.15) is 19.3 Å². The van der Waals surface area contributed by atoms with Gasteiger partial charge in [-0.05, 0) is 43.5 Å². The first kappa shape index (κ1) is 21.1. The van der Waals surface area contributed by atoms with Crippen LogP contribution in [0.25, 0.3) is 0 Å². The highest BCUT2D eigenvalue weighted by atomic mass is 35.5. The van der Waals surface area contributed by atoms with Gasteiger partial charge in [0.25, 0.3) is 0 Å². The number of nitriles is 1. The number of nitrogens with one attached hydrogen (secondary N) is 2. The maximum absolute atomic E-state index is 8.82. The molecule has 0 unspecified atom stereocenters. The van der Waals surface area contributed by atoms with Crippen molar-refractivity contribution < 1.29 is 4.74 Å². The molecule has 0 saturated heterocycles. The first-order valence-corrected chi connectivity index (χ1v) is 9.37. The summed E-state index contributed by atoms with van der Waals surface area (Å²) in [4.78, 5) is 8.30. The van der Waals surface area contributed by atoms with Gasteiger partial charge in [0, 0.05) is 29.6 Å². The molecule has 0 aliphatic heterocycles. The largest absolute Gasteiger partial charge is 0.490 e. The van der Waals surface area contributed by atoms with Crippen molar-refractivity contribution in [1.29, 1.82) is 5.26 Å². The van der Waals surface area contributed by atoms with Gasteiger partial charge in [0.1, 0.15) is 0 Å². The quantitative estimate of drug-likeness (QED) is 0.201. The summed E-state index contributed by atoms with van der Waals surface area (Å²) in [5.41, 5.74) is 0.802. The number of anilines is 1. The van der Waals surface area contributed by atoms with Gasteiger partial charge in [0.15, 0.2) is 11.9 Å². The van der Waals surface area contributed by atoms with Crippen LogP contribution >= 0.6 is 34.8 Å². The second-order valence-electron chi connectivity index (χ2n) is 5.44. The summed E-state index contributed by atoms with van der Waals surface area (Å²) >= 11 is 18.0. The molecule has 0 aliphatic carbocycles. The van der Waals surface area contributed by atoms with Crippen molar-refractivity contribution in [3.05, 3.63) is 51.7 Å². The Hall–Kier alpha value is -2.20. The Balaban J connectivity index is 1.71. The van der Waals surface area contributed by atoms with Crippen LogP contribution in [0.5, 0.6) is 5.75 Å². The van der Waals surface area contributed by atoms with E-state index in [1.54, 1.807) is 36.7 Å². The zero-order valence-electron chi connectivity index (χ0n) is 14.4. The van der Waals surface area contributed by atoms with E-state index in [1.165, 1.54) is 0 Å². The molecule has 0 saturated carbocycles. The lowest BCUT2D eigenvalue weighted by molar-refractivity contribution is 0.306. The van der Waals surface area contributed by atoms with Crippen LogP contribution < -0.4 is 15.4 Å². The van der Waals surface area contributed by atoms with Gasteiger partial charge >= 0.3 is 0 Å². The molecule has 1 aromatic carbocycles. The van der Waals surface area contributed by atoms with E-state index < -0.39 is 0 Å². The van der Waals surface area contributed by atoms with Gasteiger partial charge in [0.2, 0.25) is 5.96 Å². The van der Waals surface area contributed by atoms with Crippen LogP contribution in [0.3, 0.4) is 0 Å². The number of pyridine rings is 1. The number of aromatic nitrogens is 1. The fraction of sp³-hybridized carbons (Fsp3) is 0.278. The Bertz CT molecular complexity index is 785. The lowest BCUT2D eigenvalue weighted by atomic mass is 10.2. The molecule has 1 aromatic heterocycles. The average molecular weight is 427 g/mol. The molecule has 0 amide bonds. The molecule has 9 heteroatoms. The monoisotopic (exact) mass is 425 g/mol. The van der Waals surface area contributed by atoms with E-state index >= 15 is 0 Å². The third-order valence-corrected chi connectivity index (χ3v) is 4.18. The summed E-state index contributed by atoms with van der Waals surface area (Å²) in [6.45, 7) is 1.06. The summed E-state index contributed by atoms with van der Waals surface area (Å²) in [6, 6.07) is 6.77. The van der Waals surface area contributed by atoms with Crippen molar-refractivity contribution in [3.8, 4) is 11.9 Å². The molecule has 6 nitrogen and oxygen atoms in total. The number of guanidine groups is 1. The minimum Gasteiger partial charge on any atom is -0.490 e. The van der Waals surface area contributed by atoms with E-state index in [2.05, 4.69) is 20.6 Å². The van der Waals surface area contributed by atoms with Crippen molar-refractivity contribution in [2.45, 2.75) is 19.3 Å². The van der Waals surface area contributed by atoms with E-state index in [0.717, 1.165) is 24.9 Å². The normalized spacial score (nSPS) is 11.0. The highest BCUT2D eigenvalue weighted by Crippen LogP contribution is 2.35. The topological polar surface area (TPSA) is 82.3 Å². The number of hydrogen-bond donors (Lipinski definition) is 2. The SMILES string of the molecule is N#CNC(=NCCCCCOc1c(Cl)cc(Cl)cc1Cl)Nc1ccncc1. The van der Waals surface area contributed by atoms with Crippen molar-refractivity contribution in [1.82, 2.24) is 10.3 Å². The molecule has 27 heavy (non-hydrogen) atoms. The maximum atomic E-state index is 8.82. The Morgan fingerprint density at radius 3 is 2.48 bits per heavy atom. The Kier molecular flexibility index (Phi) is 8.99. The number of ether oxygens (including phenoxy) is 1. The molecular formula is C18H18Cl3N5O. The first-order chi connectivity index (χ1) is 13.1. The summed E-state index contributed by atoms with van der Waals surface area (Å²) in [5, 5.41) is 15.6. The molecule has 0 bridgehead atoms. The summed E-state index contributed by atoms with van der Waals surface area (Å²) < 4.78 is 5.64. The Labute approximate surface area is 173 Å². The second kappa shape index (κ2) is 11.5. The number of nitrogens with zero attached hydrogens (tertiary/aromatic N) is 3. The molecule has 0 spiro atoms. The highest BCUT2D eigenvalue weighted by Gasteiger charge is 2.08. The molecule has 142 valence electrons. The lowest BCUT2D eigenvalue weighted by Gasteiger charge is -2.10. The number of hydrogen-bond acceptors (Lipinski definition) is 4. The molecule has 0 radical (unpaired) electrons. The van der Waals surface area contributed by atoms with Crippen molar-refractivity contribution >= 4 is 46.4 Å². The van der Waals surface area contributed by atoms with Gasteiger partial charge in [-0.1, -0.05) is 34.8 Å². The number of rotatable bonds is 8. The van der Waals surface area contributed by atoms with Gasteiger partial charge < -0.3 is 10.1 Å². The molecule has 0 atom stereocenters. The minimum atomic E-state index is 0.395. The van der Waals surface area contributed by atoms with Gasteiger partial charge in [-0.25, -0.2) is 0 Å². The third-order valence-electron chi connectivity index (χ3n) is 3.40. The number of aliphatic imine (C=N–C) groups is 1. The Morgan fingerprint density at radius 2 is 1.81 bits per heavy atom. The average Bonchev–Trinajstić information content (AvgIpc) is 2.63. The zero-order valence-corrected chi connectivity index (χ0v) is 16.7. The molecule has 1 heterocycles. The van der Waals surface area contributed by atoms with E-state index in [-0.39, 0.29) is 0 Å². The predicted molar refractivity (Wildman–Crippen MR) is 110 cm³/mol. The Morgan fingerprint density at radius 1 is 1.11 bits per heavy atom. The van der Waals surface area contributed by atoms with Gasteiger partial charge in [0.05, 0.1) is 16.7 Å². The molecule has 0 fully saturated rings. The number of benzene rings is 1. The van der Waals surface area contributed by atoms with E-state index in [1.807, 2.05) is 6.19 Å². The fourth-order valence-corrected chi connectivity index (χ4v) is 3.08. The van der Waals surface area contributed by atoms with Crippen LogP contribution in [-0.2, 0) is 0 Å². The van der Waals surface area contributed by atoms with Gasteiger partial charge in [-0.15, -0.1) is 0 Å². The molecule has 2 N–H and O–H groups in total. The zero-order chi connectivity index (χ0) is 19.5. The van der Waals surface area contributed by atoms with Crippen LogP contribution in [0, 0.1) is 11.5 Å². The number of halogens is 3. The van der Waals surface area contributed by atoms with Crippen LogP contribution in [-0.4, -0.2) is 24.1 Å². The smallest absolute Gasteiger partial charge is 0.209 e. The minimum absolute atomic E-state index is 0.395. The standard InChI is InChI=1S/C18H18Cl3N5O/c19-13-10-15(20)17(16(21)11-13)27-9-3-1-2-6-24-18(25-12-22)26-14-4-7-23-8-5-14/h4-5,7-8,10-11H,1-3,6,9H2,(H2,23,24,25,26). The van der Waals surface area contributed by atoms with Crippen molar-refractivity contribution in [2.24, 2.45) is 4.99 Å². The molecule has 0 aliphatic rings. The maximum Gasteiger partial charge on any atom is 0.209 e. The highest BCUT2D eigenvalue weighted by molar-refractivity contribution is 6.40. The molecular weight excluding hydrogens is 409 g/mol. The summed E-state index contributed by atoms with van der Waals surface area (Å²) in [5.74, 6) is 0.850. The summed E-state index contributed by atoms with van der Waals surface area (Å²) in [7, 11) is 0. The van der Waals surface area contributed by atoms with E-state index in [4.69, 9.17) is 44.8 Å². The van der Waals surface area contributed by atoms with Gasteiger partial charge in [-0.3, -0.25) is 15.3 Å². The van der Waals surface area contributed by atoms with Crippen LogP contribution in [0.4, 0.5) is 5.69 Å². The van der Waals surface area contributed by atoms with E-state index in [9.17, 15) is 0 Å². The number of unbranched alkanes of at least 4 members (excludes halogenated alkanes) is 2. The van der Waals surface area contributed by atoms with Crippen molar-refractivity contribution in [2.75, 3.05) is 18.5 Å². The first-order valence-electron chi connectivity index (χ1n) is 8.24. The summed E-state index contributed by atoms with van der Waals surface area (Å²) in [6.07, 6.45) is 7.76. The predicted octanol–water partition coefficient (Wildman–Crippen LogP) is 5.13. The fourth-order valence-electron chi connectivity index (χ4n) is 2.16. The van der Waals surface area contributed by atoms with Crippen molar-refractivity contribution in [3.63, 3.8) is 0 Å². The van der Waals surface area contributed by atoms with Gasteiger partial charge in [-0.2, -0.15) is 5.26 Å². The van der Waals surface area contributed by atoms with Crippen LogP contribution in [0.15, 0.2) is 41.7 Å². The second-order valence-corrected chi connectivity index (χ2v) is 6.69. The molecule has 2 rings (SSSR count). The van der Waals surface area contributed by atoms with Crippen LogP contribution in [0.2, 0.25) is 15.1 Å². The van der Waals surface area contributed by atoms with E-state index in [0.29, 0.717) is 39.9 Å².